The smallest absolute Gasteiger partial charge is 0.303 e. The van der Waals surface area contributed by atoms with Crippen molar-refractivity contribution in [2.45, 2.75) is 52.4 Å². The quantitative estimate of drug-likeness (QED) is 0.213. The van der Waals surface area contributed by atoms with Crippen LogP contribution in [0.25, 0.3) is 10.8 Å². The highest BCUT2D eigenvalue weighted by Gasteiger charge is 2.19. The van der Waals surface area contributed by atoms with E-state index in [0.29, 0.717) is 12.8 Å². The van der Waals surface area contributed by atoms with Gasteiger partial charge in [-0.2, -0.15) is 0 Å². The van der Waals surface area contributed by atoms with Crippen LogP contribution in [0.5, 0.6) is 0 Å². The Bertz CT molecular complexity index is 1560. The van der Waals surface area contributed by atoms with E-state index in [4.69, 9.17) is 10.8 Å². The number of nitrogens with zero attached hydrogens (tertiary/aromatic N) is 1. The molecule has 41 heavy (non-hydrogen) atoms. The number of nitrogens with two attached hydrogens (primary N) is 1. The topological polar surface area (TPSA) is 122 Å². The van der Waals surface area contributed by atoms with E-state index in [1.54, 1.807) is 6.92 Å². The molecule has 214 valence electrons. The summed E-state index contributed by atoms with van der Waals surface area (Å²) >= 11 is 0. The van der Waals surface area contributed by atoms with Crippen molar-refractivity contribution in [3.05, 3.63) is 106 Å². The maximum atomic E-state index is 13.6. The van der Waals surface area contributed by atoms with E-state index in [1.165, 1.54) is 27.5 Å². The fourth-order valence-electron chi connectivity index (χ4n) is 4.37. The van der Waals surface area contributed by atoms with Crippen molar-refractivity contribution in [1.82, 2.24) is 4.98 Å². The summed E-state index contributed by atoms with van der Waals surface area (Å²) in [5.41, 5.74) is 8.62. The number of carbonyl (C=O) groups is 3. The first-order chi connectivity index (χ1) is 19.6. The second kappa shape index (κ2) is 14.6. The fourth-order valence-corrected chi connectivity index (χ4v) is 4.37. The molecule has 0 fully saturated rings. The minimum atomic E-state index is -1.22. The lowest BCUT2D eigenvalue weighted by atomic mass is 9.95. The van der Waals surface area contributed by atoms with Crippen LogP contribution in [0.3, 0.4) is 0 Å². The zero-order valence-electron chi connectivity index (χ0n) is 23.0. The van der Waals surface area contributed by atoms with E-state index in [0.717, 1.165) is 30.5 Å². The van der Waals surface area contributed by atoms with Gasteiger partial charge in [0.1, 0.15) is 11.4 Å². The molecule has 0 spiro atoms. The number of amides is 2. The maximum absolute atomic E-state index is 13.6. The van der Waals surface area contributed by atoms with Gasteiger partial charge in [-0.25, -0.2) is 8.78 Å². The van der Waals surface area contributed by atoms with Gasteiger partial charge >= 0.3 is 5.97 Å². The van der Waals surface area contributed by atoms with Crippen LogP contribution in [0, 0.1) is 11.6 Å². The SMILES string of the molecule is CCCC(=O)Nc1ccc(F)c(C(N)=O)c1F.CCc1cc(Cc2cccc(CCC(=O)O)c2)c2cnccc2c1. The second-order valence-corrected chi connectivity index (χ2v) is 9.54. The maximum Gasteiger partial charge on any atom is 0.303 e. The van der Waals surface area contributed by atoms with E-state index in [1.807, 2.05) is 24.5 Å². The Morgan fingerprint density at radius 1 is 0.951 bits per heavy atom. The molecule has 1 aromatic heterocycles. The first-order valence-corrected chi connectivity index (χ1v) is 13.4. The molecule has 2 amide bonds. The predicted octanol–water partition coefficient (Wildman–Crippen LogP) is 6.21. The van der Waals surface area contributed by atoms with Crippen LogP contribution in [-0.4, -0.2) is 27.9 Å². The number of aliphatic carboxylic acids is 1. The van der Waals surface area contributed by atoms with Gasteiger partial charge in [0.05, 0.1) is 5.69 Å². The van der Waals surface area contributed by atoms with Gasteiger partial charge in [0.25, 0.3) is 5.91 Å². The molecule has 0 bridgehead atoms. The van der Waals surface area contributed by atoms with Crippen molar-refractivity contribution < 1.29 is 28.3 Å². The van der Waals surface area contributed by atoms with Crippen LogP contribution in [0.15, 0.2) is 67.0 Å². The highest BCUT2D eigenvalue weighted by Crippen LogP contribution is 2.24. The number of carboxylic acid groups (broad SMARTS) is 1. The van der Waals surface area contributed by atoms with E-state index >= 15 is 0 Å². The van der Waals surface area contributed by atoms with E-state index in [9.17, 15) is 23.2 Å². The zero-order chi connectivity index (χ0) is 29.9. The number of halogens is 2. The third-order valence-corrected chi connectivity index (χ3v) is 6.41. The Morgan fingerprint density at radius 2 is 1.71 bits per heavy atom. The number of hydrogen-bond acceptors (Lipinski definition) is 4. The highest BCUT2D eigenvalue weighted by atomic mass is 19.1. The van der Waals surface area contributed by atoms with Gasteiger partial charge in [-0.05, 0) is 71.5 Å². The number of hydrogen-bond donors (Lipinski definition) is 3. The van der Waals surface area contributed by atoms with Crippen molar-refractivity contribution in [1.29, 1.82) is 0 Å². The molecule has 1 heterocycles. The summed E-state index contributed by atoms with van der Waals surface area (Å²) in [5, 5.41) is 13.5. The van der Waals surface area contributed by atoms with Crippen LogP contribution < -0.4 is 11.1 Å². The number of rotatable bonds is 10. The minimum absolute atomic E-state index is 0.168. The summed E-state index contributed by atoms with van der Waals surface area (Å²) in [4.78, 5) is 37.1. The Kier molecular flexibility index (Phi) is 11.0. The van der Waals surface area contributed by atoms with Gasteiger partial charge in [0.2, 0.25) is 5.91 Å². The van der Waals surface area contributed by atoms with Gasteiger partial charge in [-0.15, -0.1) is 0 Å². The van der Waals surface area contributed by atoms with E-state index in [-0.39, 0.29) is 18.5 Å². The lowest BCUT2D eigenvalue weighted by molar-refractivity contribution is -0.137. The largest absolute Gasteiger partial charge is 0.481 e. The normalized spacial score (nSPS) is 10.5. The number of aromatic nitrogens is 1. The van der Waals surface area contributed by atoms with E-state index < -0.39 is 35.0 Å². The standard InChI is InChI=1S/C21H21NO2.C11H12F2N2O2/c1-2-15-11-18-8-9-22-14-20(18)19(12-15)13-17-5-3-4-16(10-17)6-7-21(23)24;1-2-3-8(16)15-7-5-4-6(12)9(10(7)13)11(14)17/h3-5,8-12,14H,2,6-7,13H2,1H3,(H,23,24);4-5H,2-3H2,1H3,(H2,14,17)(H,15,16). The minimum Gasteiger partial charge on any atom is -0.481 e. The van der Waals surface area contributed by atoms with Gasteiger partial charge in [-0.3, -0.25) is 19.4 Å². The van der Waals surface area contributed by atoms with Gasteiger partial charge in [0, 0.05) is 30.6 Å². The molecular formula is C32H33F2N3O4. The Hall–Kier alpha value is -4.66. The average Bonchev–Trinajstić information content (AvgIpc) is 2.94. The van der Waals surface area contributed by atoms with Crippen LogP contribution in [0.2, 0.25) is 0 Å². The fraction of sp³-hybridized carbons (Fsp3) is 0.250. The number of anilines is 1. The number of fused-ring (bicyclic) bond motifs is 1. The molecule has 0 atom stereocenters. The average molecular weight is 562 g/mol. The van der Waals surface area contributed by atoms with Gasteiger partial charge in [-0.1, -0.05) is 50.2 Å². The third kappa shape index (κ3) is 8.66. The number of aryl methyl sites for hydroxylation is 2. The van der Waals surface area contributed by atoms with Crippen LogP contribution in [0.1, 0.15) is 65.7 Å². The Morgan fingerprint density at radius 3 is 2.39 bits per heavy atom. The van der Waals surface area contributed by atoms with Crippen molar-refractivity contribution in [3.8, 4) is 0 Å². The van der Waals surface area contributed by atoms with Crippen LogP contribution >= 0.6 is 0 Å². The zero-order valence-corrected chi connectivity index (χ0v) is 23.0. The van der Waals surface area contributed by atoms with Crippen molar-refractivity contribution in [2.24, 2.45) is 5.73 Å². The van der Waals surface area contributed by atoms with E-state index in [2.05, 4.69) is 47.6 Å². The summed E-state index contributed by atoms with van der Waals surface area (Å²) in [5.74, 6) is -4.58. The number of carbonyl (C=O) groups excluding carboxylic acids is 2. The molecule has 0 aliphatic rings. The molecule has 0 aliphatic carbocycles. The number of pyridine rings is 1. The summed E-state index contributed by atoms with van der Waals surface area (Å²) < 4.78 is 26.7. The number of benzene rings is 3. The predicted molar refractivity (Wildman–Crippen MR) is 155 cm³/mol. The molecule has 0 radical (unpaired) electrons. The summed E-state index contributed by atoms with van der Waals surface area (Å²) in [6.07, 6.45) is 7.14. The number of carboxylic acids is 1. The van der Waals surface area contributed by atoms with Crippen LogP contribution in [-0.2, 0) is 28.9 Å². The monoisotopic (exact) mass is 561 g/mol. The Balaban J connectivity index is 0.000000241. The highest BCUT2D eigenvalue weighted by molar-refractivity contribution is 5.97. The first kappa shape index (κ1) is 30.9. The van der Waals surface area contributed by atoms with Crippen molar-refractivity contribution in [3.63, 3.8) is 0 Å². The van der Waals surface area contributed by atoms with Crippen molar-refractivity contribution >= 4 is 34.2 Å². The molecule has 0 saturated heterocycles. The van der Waals surface area contributed by atoms with Gasteiger partial charge in [0.15, 0.2) is 5.82 Å². The lowest BCUT2D eigenvalue weighted by Gasteiger charge is -2.10. The number of primary amides is 1. The Labute approximate surface area is 237 Å². The molecule has 4 N–H and O–H groups in total. The third-order valence-electron chi connectivity index (χ3n) is 6.41. The summed E-state index contributed by atoms with van der Waals surface area (Å²) in [7, 11) is 0. The second-order valence-electron chi connectivity index (χ2n) is 9.54. The lowest BCUT2D eigenvalue weighted by Crippen LogP contribution is -2.18. The molecule has 4 rings (SSSR count). The first-order valence-electron chi connectivity index (χ1n) is 13.4. The summed E-state index contributed by atoms with van der Waals surface area (Å²) in [6, 6.07) is 16.7. The van der Waals surface area contributed by atoms with Crippen LogP contribution in [0.4, 0.5) is 14.5 Å². The molecule has 0 aliphatic heterocycles. The molecule has 9 heteroatoms. The number of nitrogens with one attached hydrogen (secondary N) is 1. The molecule has 0 saturated carbocycles. The molecular weight excluding hydrogens is 528 g/mol. The van der Waals surface area contributed by atoms with Crippen molar-refractivity contribution in [2.75, 3.05) is 5.32 Å². The van der Waals surface area contributed by atoms with Gasteiger partial charge < -0.3 is 16.2 Å². The molecule has 0 unspecified atom stereocenters. The molecule has 3 aromatic carbocycles. The summed E-state index contributed by atoms with van der Waals surface area (Å²) in [6.45, 7) is 3.95. The molecule has 4 aromatic rings. The molecule has 7 nitrogen and oxygen atoms in total.